The number of aliphatic hydroxyl groups is 2. The zero-order valence-corrected chi connectivity index (χ0v) is 33.0. The molecule has 2 N–H and O–H groups in total. The first kappa shape index (κ1) is 40.5. The molecular weight excluding hydrogens is 787 g/mol. The molecule has 0 fully saturated rings. The van der Waals surface area contributed by atoms with Gasteiger partial charge < -0.3 is 10.2 Å². The van der Waals surface area contributed by atoms with Crippen LogP contribution in [0.1, 0.15) is 25.0 Å². The van der Waals surface area contributed by atoms with Crippen molar-refractivity contribution in [2.45, 2.75) is 13.8 Å². The molecule has 0 heterocycles. The van der Waals surface area contributed by atoms with Gasteiger partial charge in [-0.05, 0) is 13.8 Å². The first-order valence-corrected chi connectivity index (χ1v) is 17.1. The number of hydrogen-bond donors (Lipinski definition) is 2. The molecule has 9 aromatic carbocycles. The zero-order chi connectivity index (χ0) is 35.2. The summed E-state index contributed by atoms with van der Waals surface area (Å²) in [6.07, 6.45) is 2.17. The Labute approximate surface area is 322 Å². The van der Waals surface area contributed by atoms with Crippen molar-refractivity contribution in [3.8, 4) is 0 Å². The van der Waals surface area contributed by atoms with Gasteiger partial charge in [-0.3, -0.25) is 0 Å². The van der Waals surface area contributed by atoms with E-state index >= 15 is 0 Å². The summed E-state index contributed by atoms with van der Waals surface area (Å²) >= 11 is 0. The Morgan fingerprint density at radius 1 is 0.412 bits per heavy atom. The molecule has 0 unspecified atom stereocenters. The van der Waals surface area contributed by atoms with E-state index in [1.807, 2.05) is 12.1 Å². The van der Waals surface area contributed by atoms with Gasteiger partial charge in [0.2, 0.25) is 0 Å². The standard InChI is InChI=1S/C13H9.C13H11.2C9H7.2C2H6O.Hf/c1-3-7-12-10(5-1)9-11-6-2-4-8-13(11)12;1-3-7-12(8-4-1)11-13-9-5-2-6-10-13;2*1-2-5-9-7-3-6-8(9)4-1;2*1-2-3;/h1-9H;1-11H;2*1-7H;2*3H,2H2,1H3;/q4*-1;;;+4. The number of benzene rings is 6. The zero-order valence-electron chi connectivity index (χ0n) is 29.4. The molecule has 0 atom stereocenters. The van der Waals surface area contributed by atoms with Crippen molar-refractivity contribution < 1.29 is 36.1 Å². The molecule has 9 rings (SSSR count). The minimum atomic E-state index is 0. The maximum atomic E-state index is 7.57. The van der Waals surface area contributed by atoms with Gasteiger partial charge in [0.15, 0.2) is 0 Å². The Hall–Kier alpha value is -4.93. The summed E-state index contributed by atoms with van der Waals surface area (Å²) in [7, 11) is 0. The number of aliphatic hydroxyl groups excluding tert-OH is 2. The number of hydrogen-bond acceptors (Lipinski definition) is 2. The molecule has 2 nitrogen and oxygen atoms in total. The van der Waals surface area contributed by atoms with Gasteiger partial charge in [-0.2, -0.15) is 35.0 Å². The van der Waals surface area contributed by atoms with Gasteiger partial charge in [0.05, 0.1) is 0 Å². The summed E-state index contributed by atoms with van der Waals surface area (Å²) in [5.41, 5.74) is 2.49. The second kappa shape index (κ2) is 23.5. The van der Waals surface area contributed by atoms with Gasteiger partial charge in [0.25, 0.3) is 0 Å². The Bertz CT molecular complexity index is 1970. The van der Waals surface area contributed by atoms with Crippen LogP contribution in [0, 0.1) is 6.42 Å². The van der Waals surface area contributed by atoms with Crippen LogP contribution in [0.5, 0.6) is 0 Å². The van der Waals surface area contributed by atoms with E-state index in [9.17, 15) is 0 Å². The third kappa shape index (κ3) is 13.4. The topological polar surface area (TPSA) is 40.5 Å². The fourth-order valence-corrected chi connectivity index (χ4v) is 5.33. The van der Waals surface area contributed by atoms with Crippen LogP contribution in [-0.4, -0.2) is 23.4 Å². The third-order valence-corrected chi connectivity index (χ3v) is 7.55. The fraction of sp³-hybridized carbons (Fsp3) is 0.0833. The molecule has 3 heteroatoms. The second-order valence-electron chi connectivity index (χ2n) is 11.2. The van der Waals surface area contributed by atoms with E-state index in [1.54, 1.807) is 13.8 Å². The van der Waals surface area contributed by atoms with Crippen LogP contribution in [-0.2, 0) is 25.8 Å². The maximum absolute atomic E-state index is 7.57. The van der Waals surface area contributed by atoms with E-state index in [0.717, 1.165) is 0 Å². The minimum Gasteiger partial charge on any atom is -0.397 e. The van der Waals surface area contributed by atoms with E-state index in [0.29, 0.717) is 0 Å². The Morgan fingerprint density at radius 3 is 1.10 bits per heavy atom. The van der Waals surface area contributed by atoms with E-state index in [1.165, 1.54) is 54.2 Å². The molecule has 0 radical (unpaired) electrons. The fourth-order valence-electron chi connectivity index (χ4n) is 5.33. The summed E-state index contributed by atoms with van der Waals surface area (Å²) in [6, 6.07) is 69.3. The summed E-state index contributed by atoms with van der Waals surface area (Å²) in [4.78, 5) is 0. The van der Waals surface area contributed by atoms with Gasteiger partial charge in [-0.1, -0.05) is 84.9 Å². The summed E-state index contributed by atoms with van der Waals surface area (Å²) in [5.74, 6) is 0. The number of fused-ring (bicyclic) bond motifs is 5. The first-order valence-electron chi connectivity index (χ1n) is 17.1. The van der Waals surface area contributed by atoms with Crippen LogP contribution in [0.4, 0.5) is 0 Å². The average molecular weight is 833 g/mol. The summed E-state index contributed by atoms with van der Waals surface area (Å²) < 4.78 is 0. The normalized spacial score (nSPS) is 9.57. The summed E-state index contributed by atoms with van der Waals surface area (Å²) in [5, 5.41) is 25.9. The van der Waals surface area contributed by atoms with Crippen LogP contribution in [0.3, 0.4) is 0 Å². The van der Waals surface area contributed by atoms with Crippen LogP contribution in [0.15, 0.2) is 200 Å². The molecule has 9 aromatic rings. The minimum absolute atomic E-state index is 0. The average Bonchev–Trinajstić information content (AvgIpc) is 3.93. The van der Waals surface area contributed by atoms with Crippen molar-refractivity contribution in [2.24, 2.45) is 0 Å². The van der Waals surface area contributed by atoms with Crippen molar-refractivity contribution in [1.82, 2.24) is 0 Å². The van der Waals surface area contributed by atoms with Crippen LogP contribution < -0.4 is 0 Å². The molecule has 51 heavy (non-hydrogen) atoms. The molecule has 0 aromatic heterocycles. The van der Waals surface area contributed by atoms with Crippen molar-refractivity contribution in [1.29, 1.82) is 0 Å². The first-order chi connectivity index (χ1) is 24.7. The van der Waals surface area contributed by atoms with Crippen LogP contribution in [0.2, 0.25) is 0 Å². The second-order valence-corrected chi connectivity index (χ2v) is 11.2. The maximum Gasteiger partial charge on any atom is 4.00 e. The molecule has 0 saturated heterocycles. The SMILES string of the molecule is CCO.CCO.[Hf+4].c1ccc([CH-]c2ccccc2)cc1.c1ccc2[cH-]ccc2c1.c1ccc2[cH-]ccc2c1.c1ccc2c(c1)[cH-]c1ccccc12. The molecule has 0 bridgehead atoms. The monoisotopic (exact) mass is 834 g/mol. The van der Waals surface area contributed by atoms with Crippen molar-refractivity contribution in [2.75, 3.05) is 13.2 Å². The van der Waals surface area contributed by atoms with Crippen molar-refractivity contribution in [3.63, 3.8) is 0 Å². The summed E-state index contributed by atoms with van der Waals surface area (Å²) in [6.45, 7) is 3.86. The molecule has 254 valence electrons. The third-order valence-electron chi connectivity index (χ3n) is 7.55. The van der Waals surface area contributed by atoms with E-state index < -0.39 is 0 Å². The van der Waals surface area contributed by atoms with E-state index in [4.69, 9.17) is 10.2 Å². The molecule has 0 aliphatic heterocycles. The van der Waals surface area contributed by atoms with Crippen LogP contribution >= 0.6 is 0 Å². The van der Waals surface area contributed by atoms with Gasteiger partial charge in [0.1, 0.15) is 0 Å². The van der Waals surface area contributed by atoms with Crippen LogP contribution in [0.25, 0.3) is 43.1 Å². The number of rotatable bonds is 2. The van der Waals surface area contributed by atoms with Gasteiger partial charge in [0, 0.05) is 13.2 Å². The van der Waals surface area contributed by atoms with Gasteiger partial charge in [-0.25, -0.2) is 0 Å². The quantitative estimate of drug-likeness (QED) is 0.135. The predicted molar refractivity (Wildman–Crippen MR) is 217 cm³/mol. The molecular formula is C48H46HfO2. The van der Waals surface area contributed by atoms with Gasteiger partial charge >= 0.3 is 25.8 Å². The predicted octanol–water partition coefficient (Wildman–Crippen LogP) is 12.1. The van der Waals surface area contributed by atoms with Crippen molar-refractivity contribution >= 4 is 43.1 Å². The molecule has 0 amide bonds. The largest absolute Gasteiger partial charge is 4.00 e. The smallest absolute Gasteiger partial charge is 0.397 e. The molecule has 0 aliphatic rings. The molecule has 0 saturated carbocycles. The molecule has 0 spiro atoms. The Morgan fingerprint density at radius 2 is 0.725 bits per heavy atom. The van der Waals surface area contributed by atoms with Gasteiger partial charge in [-0.15, -0.1) is 141 Å². The van der Waals surface area contributed by atoms with Crippen molar-refractivity contribution in [3.05, 3.63) is 218 Å². The Kier molecular flexibility index (Phi) is 18.6. The van der Waals surface area contributed by atoms with E-state index in [2.05, 4.69) is 194 Å². The molecule has 0 aliphatic carbocycles. The Balaban J connectivity index is 0.000000175. The van der Waals surface area contributed by atoms with E-state index in [-0.39, 0.29) is 39.1 Å².